The Balaban J connectivity index is 1.28. The van der Waals surface area contributed by atoms with Crippen LogP contribution < -0.4 is 15.0 Å². The van der Waals surface area contributed by atoms with Gasteiger partial charge in [0.2, 0.25) is 5.95 Å². The first-order valence-corrected chi connectivity index (χ1v) is 12.5. The van der Waals surface area contributed by atoms with E-state index >= 15 is 4.39 Å². The molecule has 3 aromatic rings. The maximum absolute atomic E-state index is 15.8. The van der Waals surface area contributed by atoms with Crippen LogP contribution in [0.3, 0.4) is 0 Å². The monoisotopic (exact) mass is 509 g/mol. The van der Waals surface area contributed by atoms with E-state index in [9.17, 15) is 9.50 Å². The number of ether oxygens (including phenoxy) is 1. The Morgan fingerprint density at radius 1 is 1.14 bits per heavy atom. The van der Waals surface area contributed by atoms with Crippen LogP contribution in [0.2, 0.25) is 0 Å². The lowest BCUT2D eigenvalue weighted by Crippen LogP contribution is -2.66. The predicted octanol–water partition coefficient (Wildman–Crippen LogP) is 3.83. The largest absolute Gasteiger partial charge is 0.507 e. The zero-order chi connectivity index (χ0) is 25.9. The normalized spacial score (nSPS) is 28.8. The lowest BCUT2D eigenvalue weighted by molar-refractivity contribution is 0.0828. The summed E-state index contributed by atoms with van der Waals surface area (Å²) in [7, 11) is 1.39. The molecular weight excluding hydrogens is 480 g/mol. The van der Waals surface area contributed by atoms with Crippen molar-refractivity contribution in [1.82, 2.24) is 30.5 Å². The third kappa shape index (κ3) is 4.14. The first kappa shape index (κ1) is 23.9. The van der Waals surface area contributed by atoms with Gasteiger partial charge in [-0.2, -0.15) is 4.98 Å². The molecule has 0 spiro atoms. The van der Waals surface area contributed by atoms with Crippen LogP contribution in [0, 0.1) is 5.82 Å². The summed E-state index contributed by atoms with van der Waals surface area (Å²) >= 11 is 0. The molecule has 2 N–H and O–H groups in total. The Hall–Kier alpha value is -3.47. The van der Waals surface area contributed by atoms with Crippen molar-refractivity contribution in [3.8, 4) is 34.3 Å². The number of rotatable bonds is 6. The average Bonchev–Trinajstić information content (AvgIpc) is 3.68. The van der Waals surface area contributed by atoms with Crippen molar-refractivity contribution in [1.29, 1.82) is 0 Å². The minimum Gasteiger partial charge on any atom is -0.507 e. The maximum atomic E-state index is 15.8. The molecular formula is C26H29F2N7O2. The number of aromatic hydroxyl groups is 1. The number of aromatic nitrogens is 5. The fourth-order valence-corrected chi connectivity index (χ4v) is 5.93. The number of benzene rings is 1. The number of nitrogens with zero attached hydrogens (tertiary/aromatic N) is 6. The predicted molar refractivity (Wildman–Crippen MR) is 132 cm³/mol. The van der Waals surface area contributed by atoms with Gasteiger partial charge in [-0.05, 0) is 58.1 Å². The average molecular weight is 510 g/mol. The van der Waals surface area contributed by atoms with E-state index in [1.54, 1.807) is 12.1 Å². The molecule has 2 bridgehead atoms. The standard InChI is InChI=1S/C26H29F2N7O2/c1-25-8-9-26(2,34-25)22(28)19(11-25)35(15-5-6-15)23-29-13-18(32-33-23)16-7-4-14(10-20(16)36)21-17(27)12-30-24(31-21)37-3/h4,7,10,12-13,15,19,22,34,36H,5-6,8-9,11H2,1-3H3/t19-,22-,25-,26+/m0/s1. The highest BCUT2D eigenvalue weighted by atomic mass is 19.1. The molecule has 3 fully saturated rings. The van der Waals surface area contributed by atoms with Gasteiger partial charge in [0.25, 0.3) is 0 Å². The van der Waals surface area contributed by atoms with Crippen molar-refractivity contribution in [3.05, 3.63) is 36.4 Å². The summed E-state index contributed by atoms with van der Waals surface area (Å²) in [6.45, 7) is 4.14. The van der Waals surface area contributed by atoms with E-state index in [-0.39, 0.29) is 35.1 Å². The molecule has 11 heteroatoms. The van der Waals surface area contributed by atoms with Crippen LogP contribution in [0.1, 0.15) is 46.0 Å². The minimum absolute atomic E-state index is 0.00689. The molecule has 1 aromatic carbocycles. The zero-order valence-electron chi connectivity index (χ0n) is 20.9. The van der Waals surface area contributed by atoms with E-state index < -0.39 is 17.5 Å². The number of piperidine rings is 1. The minimum atomic E-state index is -1.05. The van der Waals surface area contributed by atoms with Gasteiger partial charge >= 0.3 is 6.01 Å². The Labute approximate surface area is 213 Å². The summed E-state index contributed by atoms with van der Waals surface area (Å²) in [5.74, 6) is -0.366. The first-order valence-electron chi connectivity index (χ1n) is 12.5. The fraction of sp³-hybridized carbons (Fsp3) is 0.500. The summed E-state index contributed by atoms with van der Waals surface area (Å²) in [6, 6.07) is 4.51. The molecule has 2 aliphatic heterocycles. The Kier molecular flexibility index (Phi) is 5.52. The lowest BCUT2D eigenvalue weighted by atomic mass is 9.82. The highest BCUT2D eigenvalue weighted by Gasteiger charge is 2.58. The Bertz CT molecular complexity index is 1340. The molecule has 1 saturated carbocycles. The fourth-order valence-electron chi connectivity index (χ4n) is 5.93. The summed E-state index contributed by atoms with van der Waals surface area (Å²) in [5.41, 5.74) is 0.437. The van der Waals surface area contributed by atoms with E-state index in [1.807, 2.05) is 11.8 Å². The molecule has 37 heavy (non-hydrogen) atoms. The summed E-state index contributed by atoms with van der Waals surface area (Å²) in [5, 5.41) is 22.9. The van der Waals surface area contributed by atoms with Crippen LogP contribution in [-0.4, -0.2) is 66.7 Å². The Morgan fingerprint density at radius 3 is 2.62 bits per heavy atom. The first-order chi connectivity index (χ1) is 17.7. The number of hydrogen-bond donors (Lipinski definition) is 2. The molecule has 2 saturated heterocycles. The number of hydrogen-bond acceptors (Lipinski definition) is 9. The molecule has 194 valence electrons. The van der Waals surface area contributed by atoms with Crippen LogP contribution in [0.25, 0.3) is 22.5 Å². The van der Waals surface area contributed by atoms with Crippen LogP contribution >= 0.6 is 0 Å². The number of alkyl halides is 1. The molecule has 9 nitrogen and oxygen atoms in total. The number of halogens is 2. The van der Waals surface area contributed by atoms with E-state index in [0.29, 0.717) is 29.2 Å². The maximum Gasteiger partial charge on any atom is 0.316 e. The summed E-state index contributed by atoms with van der Waals surface area (Å²) in [6.07, 6.45) is 5.87. The van der Waals surface area contributed by atoms with Crippen molar-refractivity contribution in [2.24, 2.45) is 0 Å². The number of fused-ring (bicyclic) bond motifs is 2. The van der Waals surface area contributed by atoms with E-state index in [0.717, 1.165) is 31.9 Å². The molecule has 6 rings (SSSR count). The quantitative estimate of drug-likeness (QED) is 0.512. The number of methoxy groups -OCH3 is 1. The van der Waals surface area contributed by atoms with Crippen molar-refractivity contribution in [3.63, 3.8) is 0 Å². The van der Waals surface area contributed by atoms with Crippen molar-refractivity contribution < 1.29 is 18.6 Å². The molecule has 0 amide bonds. The van der Waals surface area contributed by atoms with Gasteiger partial charge in [-0.3, -0.25) is 0 Å². The van der Waals surface area contributed by atoms with Crippen molar-refractivity contribution >= 4 is 5.95 Å². The van der Waals surface area contributed by atoms with Crippen LogP contribution in [0.4, 0.5) is 14.7 Å². The second-order valence-electron chi connectivity index (χ2n) is 10.8. The van der Waals surface area contributed by atoms with E-state index in [1.165, 1.54) is 19.4 Å². The van der Waals surface area contributed by atoms with E-state index in [2.05, 4.69) is 37.4 Å². The van der Waals surface area contributed by atoms with Crippen LogP contribution in [-0.2, 0) is 0 Å². The molecule has 1 aliphatic carbocycles. The number of phenols is 1. The molecule has 4 heterocycles. The highest BCUT2D eigenvalue weighted by Crippen LogP contribution is 2.47. The molecule has 4 atom stereocenters. The van der Waals surface area contributed by atoms with Gasteiger partial charge in [-0.15, -0.1) is 10.2 Å². The molecule has 0 radical (unpaired) electrons. The number of nitrogens with one attached hydrogen (secondary N) is 1. The second kappa shape index (κ2) is 8.54. The van der Waals surface area contributed by atoms with Gasteiger partial charge < -0.3 is 20.1 Å². The number of phenolic OH excluding ortho intramolecular Hbond substituents is 1. The third-order valence-electron chi connectivity index (χ3n) is 7.92. The van der Waals surface area contributed by atoms with Crippen molar-refractivity contribution in [2.75, 3.05) is 12.0 Å². The van der Waals surface area contributed by atoms with Gasteiger partial charge in [-0.25, -0.2) is 18.7 Å². The highest BCUT2D eigenvalue weighted by molar-refractivity contribution is 5.72. The summed E-state index contributed by atoms with van der Waals surface area (Å²) in [4.78, 5) is 14.4. The lowest BCUT2D eigenvalue weighted by Gasteiger charge is -2.48. The van der Waals surface area contributed by atoms with Crippen LogP contribution in [0.15, 0.2) is 30.6 Å². The van der Waals surface area contributed by atoms with Gasteiger partial charge in [0.05, 0.1) is 25.5 Å². The van der Waals surface area contributed by atoms with Gasteiger partial charge in [0.1, 0.15) is 23.3 Å². The molecule has 0 unspecified atom stereocenters. The van der Waals surface area contributed by atoms with E-state index in [4.69, 9.17) is 4.74 Å². The molecule has 2 aromatic heterocycles. The van der Waals surface area contributed by atoms with Gasteiger partial charge in [0.15, 0.2) is 5.82 Å². The SMILES string of the molecule is COc1ncc(F)c(-c2ccc(-c3cnc(N(C4CC4)[C@H]4C[C@]5(C)CC[C@@](C)(N5)[C@H]4F)nn3)c(O)c2)n1. The van der Waals surface area contributed by atoms with Crippen molar-refractivity contribution in [2.45, 2.75) is 75.3 Å². The Morgan fingerprint density at radius 2 is 1.95 bits per heavy atom. The number of anilines is 1. The molecule has 3 aliphatic rings. The smallest absolute Gasteiger partial charge is 0.316 e. The van der Waals surface area contributed by atoms with Gasteiger partial charge in [-0.1, -0.05) is 6.07 Å². The zero-order valence-corrected chi connectivity index (χ0v) is 20.9. The second-order valence-corrected chi connectivity index (χ2v) is 10.8. The van der Waals surface area contributed by atoms with Gasteiger partial charge in [0, 0.05) is 28.2 Å². The summed E-state index contributed by atoms with van der Waals surface area (Å²) < 4.78 is 35.1. The van der Waals surface area contributed by atoms with Crippen LogP contribution in [0.5, 0.6) is 11.8 Å². The topological polar surface area (TPSA) is 109 Å². The third-order valence-corrected chi connectivity index (χ3v) is 7.92.